The number of anilines is 2. The van der Waals surface area contributed by atoms with E-state index in [1.807, 2.05) is 42.5 Å². The number of carbonyl (C=O) groups is 2. The van der Waals surface area contributed by atoms with E-state index in [1.54, 1.807) is 24.1 Å². The molecule has 0 aliphatic heterocycles. The number of unbranched alkanes of at least 4 members (excludes halogenated alkanes) is 3. The summed E-state index contributed by atoms with van der Waals surface area (Å²) in [7, 11) is 1.57. The molecule has 0 aliphatic rings. The van der Waals surface area contributed by atoms with Gasteiger partial charge in [0.2, 0.25) is 5.91 Å². The summed E-state index contributed by atoms with van der Waals surface area (Å²) in [6, 6.07) is 16.6. The summed E-state index contributed by atoms with van der Waals surface area (Å²) in [5, 5.41) is 5.88. The molecule has 6 heteroatoms. The second kappa shape index (κ2) is 13.2. The van der Waals surface area contributed by atoms with Gasteiger partial charge in [0.25, 0.3) is 0 Å². The van der Waals surface area contributed by atoms with Gasteiger partial charge in [0.05, 0.1) is 12.8 Å². The average molecular weight is 412 g/mol. The maximum atomic E-state index is 13.0. The zero-order valence-electron chi connectivity index (χ0n) is 18.0. The first-order valence-corrected chi connectivity index (χ1v) is 10.7. The minimum absolute atomic E-state index is 0.0795. The monoisotopic (exact) mass is 411 g/mol. The predicted molar refractivity (Wildman–Crippen MR) is 122 cm³/mol. The molecule has 0 saturated heterocycles. The van der Waals surface area contributed by atoms with Gasteiger partial charge < -0.3 is 15.4 Å². The van der Waals surface area contributed by atoms with Crippen molar-refractivity contribution in [2.75, 3.05) is 30.4 Å². The van der Waals surface area contributed by atoms with Crippen molar-refractivity contribution in [2.24, 2.45) is 0 Å². The number of para-hydroxylation sites is 3. The molecule has 0 radical (unpaired) electrons. The van der Waals surface area contributed by atoms with Crippen molar-refractivity contribution < 1.29 is 14.3 Å². The largest absolute Gasteiger partial charge is 0.495 e. The highest BCUT2D eigenvalue weighted by Crippen LogP contribution is 2.24. The van der Waals surface area contributed by atoms with Gasteiger partial charge in [-0.1, -0.05) is 56.5 Å². The van der Waals surface area contributed by atoms with E-state index in [9.17, 15) is 9.59 Å². The smallest absolute Gasteiger partial charge is 0.326 e. The van der Waals surface area contributed by atoms with Crippen molar-refractivity contribution in [3.8, 4) is 5.75 Å². The number of benzene rings is 2. The van der Waals surface area contributed by atoms with Gasteiger partial charge in [-0.25, -0.2) is 4.79 Å². The van der Waals surface area contributed by atoms with Crippen LogP contribution in [-0.2, 0) is 4.79 Å². The zero-order chi connectivity index (χ0) is 21.6. The van der Waals surface area contributed by atoms with Crippen LogP contribution in [0.15, 0.2) is 54.6 Å². The molecule has 2 rings (SSSR count). The standard InChI is InChI=1S/C24H33N3O3/c1-3-4-5-9-17-23(28)25-18-12-19-27(20-13-7-6-8-14-20)24(29)26-21-15-10-11-16-22(21)30-2/h6-8,10-11,13-16H,3-5,9,12,17-19H2,1-2H3,(H,25,28)(H,26,29). The van der Waals surface area contributed by atoms with Crippen LogP contribution in [-0.4, -0.2) is 32.1 Å². The minimum Gasteiger partial charge on any atom is -0.495 e. The third-order valence-electron chi connectivity index (χ3n) is 4.80. The van der Waals surface area contributed by atoms with E-state index < -0.39 is 0 Å². The van der Waals surface area contributed by atoms with Crippen molar-refractivity contribution in [1.82, 2.24) is 5.32 Å². The lowest BCUT2D eigenvalue weighted by atomic mass is 10.1. The van der Waals surface area contributed by atoms with Crippen molar-refractivity contribution in [3.63, 3.8) is 0 Å². The molecule has 0 aromatic heterocycles. The van der Waals surface area contributed by atoms with Gasteiger partial charge in [-0.2, -0.15) is 0 Å². The van der Waals surface area contributed by atoms with Gasteiger partial charge in [-0.3, -0.25) is 9.69 Å². The lowest BCUT2D eigenvalue weighted by Gasteiger charge is -2.24. The number of nitrogens with zero attached hydrogens (tertiary/aromatic N) is 1. The fourth-order valence-electron chi connectivity index (χ4n) is 3.15. The number of nitrogens with one attached hydrogen (secondary N) is 2. The van der Waals surface area contributed by atoms with Crippen molar-refractivity contribution in [1.29, 1.82) is 0 Å². The molecular formula is C24H33N3O3. The summed E-state index contributed by atoms with van der Waals surface area (Å²) >= 11 is 0. The number of methoxy groups -OCH3 is 1. The van der Waals surface area contributed by atoms with Crippen LogP contribution in [0.1, 0.15) is 45.4 Å². The minimum atomic E-state index is -0.239. The normalized spacial score (nSPS) is 10.3. The van der Waals surface area contributed by atoms with Gasteiger partial charge in [-0.15, -0.1) is 0 Å². The van der Waals surface area contributed by atoms with Crippen LogP contribution in [0.3, 0.4) is 0 Å². The predicted octanol–water partition coefficient (Wildman–Crippen LogP) is 5.21. The number of rotatable bonds is 12. The first kappa shape index (κ1) is 23.3. The van der Waals surface area contributed by atoms with Gasteiger partial charge in [-0.05, 0) is 37.1 Å². The fourth-order valence-corrected chi connectivity index (χ4v) is 3.15. The summed E-state index contributed by atoms with van der Waals surface area (Å²) in [5.41, 5.74) is 1.42. The van der Waals surface area contributed by atoms with Crippen LogP contribution in [0, 0.1) is 0 Å². The third kappa shape index (κ3) is 7.78. The molecule has 0 heterocycles. The van der Waals surface area contributed by atoms with E-state index in [0.29, 0.717) is 37.4 Å². The first-order valence-electron chi connectivity index (χ1n) is 10.7. The Labute approximate surface area is 179 Å². The van der Waals surface area contributed by atoms with Crippen LogP contribution in [0.2, 0.25) is 0 Å². The third-order valence-corrected chi connectivity index (χ3v) is 4.80. The molecule has 3 amide bonds. The lowest BCUT2D eigenvalue weighted by Crippen LogP contribution is -2.37. The second-order valence-corrected chi connectivity index (χ2v) is 7.13. The molecule has 0 spiro atoms. The Morgan fingerprint density at radius 2 is 1.67 bits per heavy atom. The Bertz CT molecular complexity index is 780. The van der Waals surface area contributed by atoms with E-state index >= 15 is 0 Å². The highest BCUT2D eigenvalue weighted by atomic mass is 16.5. The zero-order valence-corrected chi connectivity index (χ0v) is 18.0. The Morgan fingerprint density at radius 1 is 0.933 bits per heavy atom. The lowest BCUT2D eigenvalue weighted by molar-refractivity contribution is -0.121. The molecule has 162 valence electrons. The average Bonchev–Trinajstić information content (AvgIpc) is 2.77. The Hall–Kier alpha value is -3.02. The molecule has 6 nitrogen and oxygen atoms in total. The quantitative estimate of drug-likeness (QED) is 0.471. The van der Waals surface area contributed by atoms with Crippen molar-refractivity contribution >= 4 is 23.3 Å². The van der Waals surface area contributed by atoms with E-state index in [0.717, 1.165) is 24.9 Å². The van der Waals surface area contributed by atoms with Crippen molar-refractivity contribution in [3.05, 3.63) is 54.6 Å². The summed E-state index contributed by atoms with van der Waals surface area (Å²) in [6.07, 6.45) is 5.58. The van der Waals surface area contributed by atoms with Gasteiger partial charge in [0.15, 0.2) is 0 Å². The highest BCUT2D eigenvalue weighted by molar-refractivity contribution is 6.02. The summed E-state index contributed by atoms with van der Waals surface area (Å²) in [5.74, 6) is 0.685. The van der Waals surface area contributed by atoms with E-state index in [2.05, 4.69) is 17.6 Å². The molecular weight excluding hydrogens is 378 g/mol. The maximum Gasteiger partial charge on any atom is 0.326 e. The SMILES string of the molecule is CCCCCCC(=O)NCCCN(C(=O)Nc1ccccc1OC)c1ccccc1. The number of urea groups is 1. The Kier molecular flexibility index (Phi) is 10.3. The molecule has 0 aliphatic carbocycles. The summed E-state index contributed by atoms with van der Waals surface area (Å²) in [4.78, 5) is 26.6. The topological polar surface area (TPSA) is 70.7 Å². The summed E-state index contributed by atoms with van der Waals surface area (Å²) in [6.45, 7) is 3.18. The van der Waals surface area contributed by atoms with Crippen LogP contribution < -0.4 is 20.3 Å². The molecule has 30 heavy (non-hydrogen) atoms. The van der Waals surface area contributed by atoms with E-state index in [1.165, 1.54) is 6.42 Å². The molecule has 0 saturated carbocycles. The maximum absolute atomic E-state index is 13.0. The summed E-state index contributed by atoms with van der Waals surface area (Å²) < 4.78 is 5.32. The molecule has 2 aromatic carbocycles. The molecule has 0 atom stereocenters. The van der Waals surface area contributed by atoms with E-state index in [-0.39, 0.29) is 11.9 Å². The first-order chi connectivity index (χ1) is 14.7. The number of amides is 3. The molecule has 0 unspecified atom stereocenters. The molecule has 0 bridgehead atoms. The number of ether oxygens (including phenoxy) is 1. The van der Waals surface area contributed by atoms with Gasteiger partial charge in [0.1, 0.15) is 5.75 Å². The second-order valence-electron chi connectivity index (χ2n) is 7.13. The highest BCUT2D eigenvalue weighted by Gasteiger charge is 2.17. The Balaban J connectivity index is 1.91. The van der Waals surface area contributed by atoms with E-state index in [4.69, 9.17) is 4.74 Å². The number of hydrogen-bond donors (Lipinski definition) is 2. The van der Waals surface area contributed by atoms with Gasteiger partial charge in [0, 0.05) is 25.2 Å². The Morgan fingerprint density at radius 3 is 2.40 bits per heavy atom. The number of carbonyl (C=O) groups excluding carboxylic acids is 2. The van der Waals surface area contributed by atoms with Crippen molar-refractivity contribution in [2.45, 2.75) is 45.4 Å². The molecule has 0 fully saturated rings. The number of hydrogen-bond acceptors (Lipinski definition) is 3. The van der Waals surface area contributed by atoms with Crippen LogP contribution >= 0.6 is 0 Å². The molecule has 2 N–H and O–H groups in total. The molecule has 2 aromatic rings. The van der Waals surface area contributed by atoms with Gasteiger partial charge >= 0.3 is 6.03 Å². The van der Waals surface area contributed by atoms with Crippen LogP contribution in [0.4, 0.5) is 16.2 Å². The van der Waals surface area contributed by atoms with Crippen LogP contribution in [0.25, 0.3) is 0 Å². The fraction of sp³-hybridized carbons (Fsp3) is 0.417. The van der Waals surface area contributed by atoms with Crippen LogP contribution in [0.5, 0.6) is 5.75 Å².